The van der Waals surface area contributed by atoms with Gasteiger partial charge in [-0.25, -0.2) is 9.59 Å². The van der Waals surface area contributed by atoms with Gasteiger partial charge < -0.3 is 15.2 Å². The minimum Gasteiger partial charge on any atom is -0.480 e. The lowest BCUT2D eigenvalue weighted by Crippen LogP contribution is -2.55. The van der Waals surface area contributed by atoms with Crippen molar-refractivity contribution in [2.24, 2.45) is 0 Å². The van der Waals surface area contributed by atoms with Crippen LogP contribution < -0.4 is 5.32 Å². The number of benzene rings is 2. The van der Waals surface area contributed by atoms with E-state index in [1.807, 2.05) is 24.3 Å². The molecule has 2 N–H and O–H groups in total. The molecule has 0 radical (unpaired) electrons. The molecule has 0 aromatic heterocycles. The molecular weight excluding hydrogens is 555 g/mol. The minimum absolute atomic E-state index is 0.0575. The molecule has 0 saturated heterocycles. The van der Waals surface area contributed by atoms with Crippen LogP contribution in [-0.4, -0.2) is 45.5 Å². The van der Waals surface area contributed by atoms with Gasteiger partial charge in [0.1, 0.15) is 12.1 Å². The van der Waals surface area contributed by atoms with Gasteiger partial charge in [-0.3, -0.25) is 0 Å². The topological polar surface area (TPSA) is 75.6 Å². The Morgan fingerprint density at radius 2 is 1.14 bits per heavy atom. The fraction of sp³-hybridized carbons (Fsp3) is 0.600. The second kappa shape index (κ2) is 15.4. The van der Waals surface area contributed by atoms with Crippen molar-refractivity contribution in [1.82, 2.24) is 5.32 Å². The first kappa shape index (κ1) is 34.1. The summed E-state index contributed by atoms with van der Waals surface area (Å²) in [6.07, 6.45) is 1.96. The smallest absolute Gasteiger partial charge is 0.408 e. The Hall–Kier alpha value is -2.39. The summed E-state index contributed by atoms with van der Waals surface area (Å²) in [6, 6.07) is 26.1. The molecule has 0 saturated carbocycles. The zero-order valence-electron chi connectivity index (χ0n) is 27.1. The van der Waals surface area contributed by atoms with E-state index in [-0.39, 0.29) is 12.5 Å². The van der Waals surface area contributed by atoms with E-state index in [0.717, 1.165) is 36.1 Å². The highest BCUT2D eigenvalue weighted by Crippen LogP contribution is 2.44. The fourth-order valence-electron chi connectivity index (χ4n) is 7.44. The van der Waals surface area contributed by atoms with E-state index in [0.29, 0.717) is 12.8 Å². The van der Waals surface area contributed by atoms with Crippen LogP contribution in [-0.2, 0) is 9.53 Å². The van der Waals surface area contributed by atoms with Gasteiger partial charge in [0.15, 0.2) is 0 Å². The summed E-state index contributed by atoms with van der Waals surface area (Å²) in [5.41, 5.74) is 3.35. The molecule has 0 fully saturated rings. The van der Waals surface area contributed by atoms with Crippen molar-refractivity contribution in [3.8, 4) is 11.1 Å². The lowest BCUT2D eigenvalue weighted by Gasteiger charge is -2.35. The SMILES string of the molecule is CC[Si](CC)(CC)CCCC(CCC[Si](CC)(CC)CC)(NC(=O)OCC1c2ccccc2-c2ccccc21)C(=O)O. The van der Waals surface area contributed by atoms with Gasteiger partial charge in [0, 0.05) is 5.92 Å². The van der Waals surface area contributed by atoms with Crippen LogP contribution in [0, 0.1) is 0 Å². The molecule has 42 heavy (non-hydrogen) atoms. The van der Waals surface area contributed by atoms with Crippen molar-refractivity contribution in [1.29, 1.82) is 0 Å². The monoisotopic (exact) mass is 609 g/mol. The lowest BCUT2D eigenvalue weighted by atomic mass is 9.88. The molecule has 2 aromatic carbocycles. The number of hydrogen-bond donors (Lipinski definition) is 2. The average molecular weight is 610 g/mol. The van der Waals surface area contributed by atoms with Crippen LogP contribution in [0.5, 0.6) is 0 Å². The zero-order valence-corrected chi connectivity index (χ0v) is 29.1. The number of rotatable bonds is 18. The number of carbonyl (C=O) groups is 2. The molecule has 232 valence electrons. The van der Waals surface area contributed by atoms with Crippen molar-refractivity contribution < 1.29 is 19.4 Å². The lowest BCUT2D eigenvalue weighted by molar-refractivity contribution is -0.145. The molecule has 0 aliphatic heterocycles. The molecule has 7 heteroatoms. The van der Waals surface area contributed by atoms with Crippen LogP contribution in [0.15, 0.2) is 48.5 Å². The number of fused-ring (bicyclic) bond motifs is 3. The van der Waals surface area contributed by atoms with Gasteiger partial charge in [-0.05, 0) is 35.1 Å². The van der Waals surface area contributed by atoms with E-state index in [9.17, 15) is 14.7 Å². The Morgan fingerprint density at radius 1 is 0.738 bits per heavy atom. The number of ether oxygens (including phenoxy) is 1. The maximum atomic E-state index is 13.4. The molecule has 5 nitrogen and oxygen atoms in total. The maximum Gasteiger partial charge on any atom is 0.408 e. The molecule has 3 rings (SSSR count). The molecule has 0 heterocycles. The molecule has 1 aliphatic carbocycles. The van der Waals surface area contributed by atoms with Gasteiger partial charge in [-0.2, -0.15) is 0 Å². The number of hydrogen-bond acceptors (Lipinski definition) is 3. The van der Waals surface area contributed by atoms with Gasteiger partial charge in [0.05, 0.1) is 16.1 Å². The van der Waals surface area contributed by atoms with Gasteiger partial charge in [-0.1, -0.05) is 151 Å². The van der Waals surface area contributed by atoms with E-state index in [2.05, 4.69) is 71.1 Å². The minimum atomic E-state index is -1.40. The van der Waals surface area contributed by atoms with Crippen LogP contribution >= 0.6 is 0 Å². The van der Waals surface area contributed by atoms with Crippen LogP contribution in [0.3, 0.4) is 0 Å². The molecule has 1 amide bonds. The Bertz CT molecular complexity index is 1090. The van der Waals surface area contributed by atoms with Crippen molar-refractivity contribution >= 4 is 28.2 Å². The van der Waals surface area contributed by atoms with E-state index >= 15 is 0 Å². The predicted octanol–water partition coefficient (Wildman–Crippen LogP) is 9.93. The van der Waals surface area contributed by atoms with Gasteiger partial charge in [-0.15, -0.1) is 0 Å². The highest BCUT2D eigenvalue weighted by molar-refractivity contribution is 6.80. The van der Waals surface area contributed by atoms with Crippen molar-refractivity contribution in [3.63, 3.8) is 0 Å². The van der Waals surface area contributed by atoms with Crippen molar-refractivity contribution in [3.05, 3.63) is 59.7 Å². The number of carboxylic acid groups (broad SMARTS) is 1. The Kier molecular flexibility index (Phi) is 12.5. The normalized spacial score (nSPS) is 13.5. The quantitative estimate of drug-likeness (QED) is 0.165. The number of aliphatic carboxylic acids is 1. The third-order valence-corrected chi connectivity index (χ3v) is 23.0. The number of nitrogens with one attached hydrogen (secondary N) is 1. The molecule has 1 aliphatic rings. The maximum absolute atomic E-state index is 13.4. The van der Waals surface area contributed by atoms with Gasteiger partial charge in [0.25, 0.3) is 0 Å². The molecule has 0 bridgehead atoms. The van der Waals surface area contributed by atoms with E-state index < -0.39 is 33.7 Å². The second-order valence-electron chi connectivity index (χ2n) is 12.7. The summed E-state index contributed by atoms with van der Waals surface area (Å²) >= 11 is 0. The van der Waals surface area contributed by atoms with Gasteiger partial charge >= 0.3 is 12.1 Å². The summed E-state index contributed by atoms with van der Waals surface area (Å²) in [5.74, 6) is -0.984. The Morgan fingerprint density at radius 3 is 1.52 bits per heavy atom. The van der Waals surface area contributed by atoms with Crippen LogP contribution in [0.1, 0.15) is 84.3 Å². The average Bonchev–Trinajstić information content (AvgIpc) is 3.34. The Balaban J connectivity index is 1.78. The summed E-state index contributed by atoms with van der Waals surface area (Å²) in [5, 5.41) is 13.6. The number of carboxylic acids is 1. The van der Waals surface area contributed by atoms with Crippen LogP contribution in [0.25, 0.3) is 11.1 Å². The Labute approximate surface area is 256 Å². The third-order valence-electron chi connectivity index (χ3n) is 11.2. The van der Waals surface area contributed by atoms with Crippen molar-refractivity contribution in [2.45, 2.75) is 127 Å². The van der Waals surface area contributed by atoms with Crippen LogP contribution in [0.2, 0.25) is 48.4 Å². The van der Waals surface area contributed by atoms with Gasteiger partial charge in [0.2, 0.25) is 0 Å². The predicted molar refractivity (Wildman–Crippen MR) is 181 cm³/mol. The number of carbonyl (C=O) groups excluding carboxylic acids is 1. The number of amides is 1. The fourth-order valence-corrected chi connectivity index (χ4v) is 14.4. The molecule has 0 unspecified atom stereocenters. The molecular formula is C35H55NO4Si2. The third kappa shape index (κ3) is 7.57. The highest BCUT2D eigenvalue weighted by Gasteiger charge is 2.42. The van der Waals surface area contributed by atoms with E-state index in [1.165, 1.54) is 47.4 Å². The molecule has 0 atom stereocenters. The summed E-state index contributed by atoms with van der Waals surface area (Å²) < 4.78 is 5.87. The second-order valence-corrected chi connectivity index (χ2v) is 23.9. The first-order valence-corrected chi connectivity index (χ1v) is 22.2. The van der Waals surface area contributed by atoms with Crippen LogP contribution in [0.4, 0.5) is 4.79 Å². The first-order valence-electron chi connectivity index (χ1n) is 16.5. The number of alkyl carbamates (subject to hydrolysis) is 1. The summed E-state index contributed by atoms with van der Waals surface area (Å²) in [4.78, 5) is 26.4. The van der Waals surface area contributed by atoms with Crippen molar-refractivity contribution in [2.75, 3.05) is 6.61 Å². The zero-order chi connectivity index (χ0) is 30.8. The van der Waals surface area contributed by atoms with E-state index in [1.54, 1.807) is 0 Å². The summed E-state index contributed by atoms with van der Waals surface area (Å²) in [6.45, 7) is 14.0. The molecule has 0 spiro atoms. The standard InChI is InChI=1S/C35H55NO4Si2/c1-7-41(8-2,9-3)25-17-23-35(33(37)38,24-18-26-42(10-4,11-5)12-6)36-34(39)40-27-32-30-21-15-13-19-28(30)29-20-14-16-22-31(29)32/h13-16,19-22,32H,7-12,17-18,23-27H2,1-6H3,(H,36,39)(H,37,38). The highest BCUT2D eigenvalue weighted by atomic mass is 28.3. The molecule has 2 aromatic rings. The van der Waals surface area contributed by atoms with E-state index in [4.69, 9.17) is 4.74 Å². The largest absolute Gasteiger partial charge is 0.480 e. The first-order chi connectivity index (χ1) is 20.2. The summed E-state index contributed by atoms with van der Waals surface area (Å²) in [7, 11) is -2.80.